The Hall–Kier alpha value is -4.41. The van der Waals surface area contributed by atoms with Crippen molar-refractivity contribution in [2.24, 2.45) is 10.8 Å². The molecule has 0 heterocycles. The maximum absolute atomic E-state index is 12.6. The van der Waals surface area contributed by atoms with E-state index in [2.05, 4.69) is 21.1 Å². The first-order valence-electron chi connectivity index (χ1n) is 10.1. The number of carbonyl (C=O) groups is 4. The Morgan fingerprint density at radius 2 is 1.58 bits per heavy atom. The second kappa shape index (κ2) is 13.8. The van der Waals surface area contributed by atoms with Gasteiger partial charge >= 0.3 is 12.1 Å². The van der Waals surface area contributed by atoms with E-state index in [1.165, 1.54) is 6.21 Å². The zero-order chi connectivity index (χ0) is 23.9. The summed E-state index contributed by atoms with van der Waals surface area (Å²) in [5.74, 6) is -1.03. The highest BCUT2D eigenvalue weighted by molar-refractivity contribution is 5.90. The van der Waals surface area contributed by atoms with Gasteiger partial charge in [-0.15, -0.1) is 0 Å². The third kappa shape index (κ3) is 10.4. The Morgan fingerprint density at radius 3 is 2.21 bits per heavy atom. The van der Waals surface area contributed by atoms with Gasteiger partial charge in [0.1, 0.15) is 19.2 Å². The summed E-state index contributed by atoms with van der Waals surface area (Å²) in [5, 5.41) is 11.1. The van der Waals surface area contributed by atoms with Crippen molar-refractivity contribution in [3.05, 3.63) is 71.8 Å². The van der Waals surface area contributed by atoms with Crippen LogP contribution in [0.3, 0.4) is 0 Å². The summed E-state index contributed by atoms with van der Waals surface area (Å²) in [5.41, 5.74) is 8.53. The Morgan fingerprint density at radius 1 is 0.939 bits per heavy atom. The molecule has 0 fully saturated rings. The van der Waals surface area contributed by atoms with E-state index >= 15 is 0 Å². The number of benzene rings is 2. The van der Waals surface area contributed by atoms with Crippen LogP contribution < -0.4 is 27.1 Å². The van der Waals surface area contributed by atoms with Crippen LogP contribution in [-0.4, -0.2) is 49.3 Å². The summed E-state index contributed by atoms with van der Waals surface area (Å²) in [7, 11) is 0. The number of hydrogen-bond donors (Lipinski definition) is 5. The van der Waals surface area contributed by atoms with Crippen molar-refractivity contribution in [2.75, 3.05) is 13.1 Å². The van der Waals surface area contributed by atoms with E-state index in [1.807, 2.05) is 54.0 Å². The number of amides is 5. The van der Waals surface area contributed by atoms with E-state index in [4.69, 9.17) is 10.5 Å². The van der Waals surface area contributed by atoms with Crippen LogP contribution in [0.1, 0.15) is 11.1 Å². The molecule has 0 bridgehead atoms. The largest absolute Gasteiger partial charge is 0.445 e. The number of hydrazone groups is 1. The summed E-state index contributed by atoms with van der Waals surface area (Å²) in [6, 6.07) is 16.5. The van der Waals surface area contributed by atoms with Gasteiger partial charge in [-0.3, -0.25) is 9.59 Å². The average molecular weight is 454 g/mol. The molecule has 1 atom stereocenters. The van der Waals surface area contributed by atoms with Crippen LogP contribution in [0.2, 0.25) is 0 Å². The normalized spacial score (nSPS) is 11.3. The van der Waals surface area contributed by atoms with E-state index in [1.54, 1.807) is 12.1 Å². The first kappa shape index (κ1) is 24.9. The van der Waals surface area contributed by atoms with E-state index in [9.17, 15) is 19.2 Å². The molecule has 0 aliphatic carbocycles. The summed E-state index contributed by atoms with van der Waals surface area (Å²) >= 11 is 0. The first-order valence-corrected chi connectivity index (χ1v) is 10.1. The highest BCUT2D eigenvalue weighted by atomic mass is 16.5. The topological polar surface area (TPSA) is 164 Å². The van der Waals surface area contributed by atoms with E-state index < -0.39 is 30.0 Å². The van der Waals surface area contributed by atoms with Crippen molar-refractivity contribution in [3.63, 3.8) is 0 Å². The molecule has 11 nitrogen and oxygen atoms in total. The number of ether oxygens (including phenoxy) is 1. The van der Waals surface area contributed by atoms with Gasteiger partial charge in [-0.05, 0) is 11.1 Å². The number of rotatable bonds is 11. The van der Waals surface area contributed by atoms with Crippen molar-refractivity contribution in [1.82, 2.24) is 21.4 Å². The predicted octanol–water partition coefficient (Wildman–Crippen LogP) is 0.411. The number of alkyl carbamates (subject to hydrolysis) is 1. The van der Waals surface area contributed by atoms with Crippen LogP contribution in [0, 0.1) is 0 Å². The molecule has 33 heavy (non-hydrogen) atoms. The molecule has 2 aromatic carbocycles. The molecule has 11 heteroatoms. The SMILES string of the molecule is NC(=O)NN=CCNC(=O)[C@H](Cc1ccccc1)NC(=O)CNC(=O)OCc1ccccc1. The number of urea groups is 1. The molecule has 0 spiro atoms. The Bertz CT molecular complexity index is 952. The fourth-order valence-corrected chi connectivity index (χ4v) is 2.66. The lowest BCUT2D eigenvalue weighted by molar-refractivity contribution is -0.128. The second-order valence-corrected chi connectivity index (χ2v) is 6.76. The summed E-state index contributed by atoms with van der Waals surface area (Å²) in [4.78, 5) is 47.3. The van der Waals surface area contributed by atoms with Crippen LogP contribution in [0.4, 0.5) is 9.59 Å². The molecular formula is C22H26N6O5. The molecule has 174 valence electrons. The van der Waals surface area contributed by atoms with Crippen LogP contribution >= 0.6 is 0 Å². The van der Waals surface area contributed by atoms with Crippen LogP contribution in [0.25, 0.3) is 0 Å². The Kier molecular flexibility index (Phi) is 10.4. The molecule has 5 amide bonds. The summed E-state index contributed by atoms with van der Waals surface area (Å²) in [6.45, 7) is -0.292. The fourth-order valence-electron chi connectivity index (χ4n) is 2.66. The van der Waals surface area contributed by atoms with E-state index in [0.29, 0.717) is 0 Å². The zero-order valence-corrected chi connectivity index (χ0v) is 17.8. The van der Waals surface area contributed by atoms with Gasteiger partial charge in [-0.1, -0.05) is 60.7 Å². The van der Waals surface area contributed by atoms with Crippen molar-refractivity contribution in [2.45, 2.75) is 19.1 Å². The molecule has 2 rings (SSSR count). The predicted molar refractivity (Wildman–Crippen MR) is 121 cm³/mol. The highest BCUT2D eigenvalue weighted by Gasteiger charge is 2.21. The maximum atomic E-state index is 12.6. The molecule has 0 saturated carbocycles. The number of nitrogens with two attached hydrogens (primary N) is 1. The van der Waals surface area contributed by atoms with Crippen molar-refractivity contribution >= 4 is 30.2 Å². The number of primary amides is 1. The monoisotopic (exact) mass is 454 g/mol. The minimum Gasteiger partial charge on any atom is -0.445 e. The Balaban J connectivity index is 1.85. The molecule has 0 radical (unpaired) electrons. The molecule has 0 aliphatic heterocycles. The maximum Gasteiger partial charge on any atom is 0.407 e. The minimum absolute atomic E-state index is 0.00430. The molecular weight excluding hydrogens is 428 g/mol. The molecule has 0 saturated heterocycles. The Labute approximate surface area is 190 Å². The van der Waals surface area contributed by atoms with Gasteiger partial charge in [0.15, 0.2) is 0 Å². The average Bonchev–Trinajstić information content (AvgIpc) is 2.81. The van der Waals surface area contributed by atoms with Crippen LogP contribution in [0.15, 0.2) is 65.8 Å². The standard InChI is InChI=1S/C22H26N6O5/c23-21(31)28-26-12-11-24-20(30)18(13-16-7-3-1-4-8-16)27-19(29)14-25-22(32)33-15-17-9-5-2-6-10-17/h1-10,12,18H,11,13-15H2,(H,24,30)(H,25,32)(H,27,29)(H3,23,28,31)/t18-/m0/s1. The minimum atomic E-state index is -0.903. The fraction of sp³-hybridized carbons (Fsp3) is 0.227. The van der Waals surface area contributed by atoms with E-state index in [0.717, 1.165) is 11.1 Å². The summed E-state index contributed by atoms with van der Waals surface area (Å²) in [6.07, 6.45) is 0.721. The third-order valence-electron chi connectivity index (χ3n) is 4.17. The molecule has 6 N–H and O–H groups in total. The summed E-state index contributed by atoms with van der Waals surface area (Å²) < 4.78 is 5.06. The number of nitrogens with zero attached hydrogens (tertiary/aromatic N) is 1. The van der Waals surface area contributed by atoms with E-state index in [-0.39, 0.29) is 26.1 Å². The zero-order valence-electron chi connectivity index (χ0n) is 17.8. The quantitative estimate of drug-likeness (QED) is 0.245. The van der Waals surface area contributed by atoms with Gasteiger partial charge in [0.25, 0.3) is 0 Å². The lowest BCUT2D eigenvalue weighted by Gasteiger charge is -2.18. The van der Waals surface area contributed by atoms with Crippen LogP contribution in [-0.2, 0) is 27.4 Å². The number of nitrogens with one attached hydrogen (secondary N) is 4. The third-order valence-corrected chi connectivity index (χ3v) is 4.17. The molecule has 0 aliphatic rings. The van der Waals surface area contributed by atoms with Gasteiger partial charge in [-0.2, -0.15) is 5.10 Å². The number of hydrogen-bond acceptors (Lipinski definition) is 6. The van der Waals surface area contributed by atoms with Crippen molar-refractivity contribution in [3.8, 4) is 0 Å². The first-order chi connectivity index (χ1) is 15.9. The van der Waals surface area contributed by atoms with Crippen LogP contribution in [0.5, 0.6) is 0 Å². The smallest absolute Gasteiger partial charge is 0.407 e. The molecule has 0 aromatic heterocycles. The van der Waals surface area contributed by atoms with Gasteiger partial charge < -0.3 is 26.4 Å². The number of carbonyl (C=O) groups excluding carboxylic acids is 4. The van der Waals surface area contributed by atoms with Gasteiger partial charge in [0.05, 0.1) is 6.54 Å². The highest BCUT2D eigenvalue weighted by Crippen LogP contribution is 2.04. The second-order valence-electron chi connectivity index (χ2n) is 6.76. The van der Waals surface area contributed by atoms with Gasteiger partial charge in [0.2, 0.25) is 11.8 Å². The van der Waals surface area contributed by atoms with Crippen molar-refractivity contribution < 1.29 is 23.9 Å². The molecule has 2 aromatic rings. The molecule has 0 unspecified atom stereocenters. The van der Waals surface area contributed by atoms with Crippen molar-refractivity contribution in [1.29, 1.82) is 0 Å². The van der Waals surface area contributed by atoms with Gasteiger partial charge in [-0.25, -0.2) is 15.0 Å². The lowest BCUT2D eigenvalue weighted by atomic mass is 10.1. The van der Waals surface area contributed by atoms with Gasteiger partial charge in [0, 0.05) is 12.6 Å². The lowest BCUT2D eigenvalue weighted by Crippen LogP contribution is -2.50.